The molecule has 1 rings (SSSR count). The zero-order valence-electron chi connectivity index (χ0n) is 10.9. The quantitative estimate of drug-likeness (QED) is 0.834. The normalized spacial score (nSPS) is 13.1. The molecule has 100 valence electrons. The smallest absolute Gasteiger partial charge is 0.303 e. The van der Waals surface area contributed by atoms with Gasteiger partial charge in [-0.15, -0.1) is 0 Å². The third-order valence-electron chi connectivity index (χ3n) is 2.86. The molecular formula is C13H19NO3S. The molecule has 1 heterocycles. The summed E-state index contributed by atoms with van der Waals surface area (Å²) in [5.74, 6) is -1.12. The maximum absolute atomic E-state index is 12.0. The number of nitrogens with one attached hydrogen (secondary N) is 1. The van der Waals surface area contributed by atoms with Gasteiger partial charge >= 0.3 is 5.97 Å². The fourth-order valence-electron chi connectivity index (χ4n) is 1.60. The average molecular weight is 269 g/mol. The van der Waals surface area contributed by atoms with Crippen LogP contribution in [-0.4, -0.2) is 22.5 Å². The predicted octanol–water partition coefficient (Wildman–Crippen LogP) is 2.61. The Labute approximate surface area is 111 Å². The first-order chi connectivity index (χ1) is 8.32. The molecule has 0 fully saturated rings. The van der Waals surface area contributed by atoms with Crippen molar-refractivity contribution in [3.05, 3.63) is 22.4 Å². The molecule has 2 N–H and O–H groups in total. The Morgan fingerprint density at radius 2 is 2.17 bits per heavy atom. The van der Waals surface area contributed by atoms with E-state index < -0.39 is 11.5 Å². The number of thiophene rings is 1. The molecule has 0 aromatic carbocycles. The van der Waals surface area contributed by atoms with Gasteiger partial charge in [0.25, 0.3) is 0 Å². The molecule has 0 bridgehead atoms. The Morgan fingerprint density at radius 3 is 2.67 bits per heavy atom. The number of carboxylic acid groups (broad SMARTS) is 1. The number of aliphatic carboxylic acids is 1. The third kappa shape index (κ3) is 4.49. The monoisotopic (exact) mass is 269 g/mol. The lowest BCUT2D eigenvalue weighted by molar-refractivity contribution is -0.137. The van der Waals surface area contributed by atoms with E-state index in [0.717, 1.165) is 5.56 Å². The van der Waals surface area contributed by atoms with Gasteiger partial charge < -0.3 is 10.4 Å². The molecule has 0 aliphatic rings. The Kier molecular flexibility index (Phi) is 4.90. The summed E-state index contributed by atoms with van der Waals surface area (Å²) < 4.78 is 0. The van der Waals surface area contributed by atoms with Crippen LogP contribution in [-0.2, 0) is 9.59 Å². The molecule has 0 aliphatic heterocycles. The molecule has 1 atom stereocenters. The van der Waals surface area contributed by atoms with Crippen molar-refractivity contribution >= 4 is 23.2 Å². The minimum Gasteiger partial charge on any atom is -0.481 e. The molecule has 5 heteroatoms. The van der Waals surface area contributed by atoms with E-state index in [1.54, 1.807) is 11.3 Å². The summed E-state index contributed by atoms with van der Waals surface area (Å²) in [6.07, 6.45) is 0.477. The molecular weight excluding hydrogens is 250 g/mol. The molecule has 1 amide bonds. The molecule has 1 unspecified atom stereocenters. The van der Waals surface area contributed by atoms with Crippen LogP contribution in [0.4, 0.5) is 0 Å². The largest absolute Gasteiger partial charge is 0.481 e. The molecule has 4 nitrogen and oxygen atoms in total. The highest BCUT2D eigenvalue weighted by Gasteiger charge is 2.25. The van der Waals surface area contributed by atoms with E-state index in [4.69, 9.17) is 5.11 Å². The van der Waals surface area contributed by atoms with Crippen molar-refractivity contribution in [3.63, 3.8) is 0 Å². The van der Waals surface area contributed by atoms with Crippen molar-refractivity contribution < 1.29 is 14.7 Å². The number of hydrogen-bond donors (Lipinski definition) is 2. The van der Waals surface area contributed by atoms with Crippen molar-refractivity contribution in [2.24, 2.45) is 0 Å². The van der Waals surface area contributed by atoms with Crippen LogP contribution in [0.3, 0.4) is 0 Å². The number of amides is 1. The second-order valence-corrected chi connectivity index (χ2v) is 5.83. The highest BCUT2D eigenvalue weighted by molar-refractivity contribution is 7.08. The highest BCUT2D eigenvalue weighted by atomic mass is 32.1. The van der Waals surface area contributed by atoms with Crippen molar-refractivity contribution in [2.75, 3.05) is 0 Å². The Hall–Kier alpha value is -1.36. The summed E-state index contributed by atoms with van der Waals surface area (Å²) in [5.41, 5.74) is 0.492. The second kappa shape index (κ2) is 6.00. The van der Waals surface area contributed by atoms with E-state index in [1.807, 2.05) is 37.6 Å². The first-order valence-electron chi connectivity index (χ1n) is 5.88. The van der Waals surface area contributed by atoms with E-state index in [1.165, 1.54) is 0 Å². The zero-order valence-corrected chi connectivity index (χ0v) is 11.7. The number of hydrogen-bond acceptors (Lipinski definition) is 3. The molecule has 1 aromatic heterocycles. The minimum absolute atomic E-state index is 0.0557. The SMILES string of the molecule is CC(C(=O)NC(C)(C)CCC(=O)O)c1ccsc1. The lowest BCUT2D eigenvalue weighted by Crippen LogP contribution is -2.45. The molecule has 0 spiro atoms. The Morgan fingerprint density at radius 1 is 1.50 bits per heavy atom. The maximum atomic E-state index is 12.0. The molecule has 1 aromatic rings. The van der Waals surface area contributed by atoms with Gasteiger partial charge in [-0.1, -0.05) is 0 Å². The van der Waals surface area contributed by atoms with Crippen LogP contribution in [0.25, 0.3) is 0 Å². The lowest BCUT2D eigenvalue weighted by atomic mass is 9.96. The summed E-state index contributed by atoms with van der Waals surface area (Å²) in [7, 11) is 0. The van der Waals surface area contributed by atoms with Crippen molar-refractivity contribution in [3.8, 4) is 0 Å². The van der Waals surface area contributed by atoms with E-state index >= 15 is 0 Å². The predicted molar refractivity (Wildman–Crippen MR) is 71.8 cm³/mol. The fourth-order valence-corrected chi connectivity index (χ4v) is 2.35. The van der Waals surface area contributed by atoms with Crippen LogP contribution in [0.1, 0.15) is 45.1 Å². The summed E-state index contributed by atoms with van der Waals surface area (Å²) in [4.78, 5) is 22.6. The first kappa shape index (κ1) is 14.7. The third-order valence-corrected chi connectivity index (χ3v) is 3.56. The van der Waals surface area contributed by atoms with Crippen molar-refractivity contribution in [1.82, 2.24) is 5.32 Å². The van der Waals surface area contributed by atoms with Gasteiger partial charge in [0.2, 0.25) is 5.91 Å². The van der Waals surface area contributed by atoms with Gasteiger partial charge in [0.15, 0.2) is 0 Å². The molecule has 0 saturated heterocycles. The van der Waals surface area contributed by atoms with Crippen LogP contribution in [0.5, 0.6) is 0 Å². The van der Waals surface area contributed by atoms with Crippen molar-refractivity contribution in [2.45, 2.75) is 45.1 Å². The summed E-state index contributed by atoms with van der Waals surface area (Å²) >= 11 is 1.56. The number of carbonyl (C=O) groups excluding carboxylic acids is 1. The van der Waals surface area contributed by atoms with Crippen LogP contribution in [0.15, 0.2) is 16.8 Å². The summed E-state index contributed by atoms with van der Waals surface area (Å²) in [6.45, 7) is 5.53. The van der Waals surface area contributed by atoms with E-state index in [9.17, 15) is 9.59 Å². The zero-order chi connectivity index (χ0) is 13.8. The van der Waals surface area contributed by atoms with E-state index in [0.29, 0.717) is 6.42 Å². The summed E-state index contributed by atoms with van der Waals surface area (Å²) in [5, 5.41) is 15.5. The van der Waals surface area contributed by atoms with Gasteiger partial charge in [0, 0.05) is 12.0 Å². The van der Waals surface area contributed by atoms with Gasteiger partial charge in [0.05, 0.1) is 5.92 Å². The maximum Gasteiger partial charge on any atom is 0.303 e. The van der Waals surface area contributed by atoms with Crippen LogP contribution in [0.2, 0.25) is 0 Å². The lowest BCUT2D eigenvalue weighted by Gasteiger charge is -2.27. The molecule has 18 heavy (non-hydrogen) atoms. The van der Waals surface area contributed by atoms with Crippen LogP contribution < -0.4 is 5.32 Å². The fraction of sp³-hybridized carbons (Fsp3) is 0.538. The Bertz CT molecular complexity index is 412. The number of carbonyl (C=O) groups is 2. The highest BCUT2D eigenvalue weighted by Crippen LogP contribution is 2.20. The minimum atomic E-state index is -0.844. The Balaban J connectivity index is 2.55. The van der Waals surface area contributed by atoms with Crippen LogP contribution in [0, 0.1) is 0 Å². The van der Waals surface area contributed by atoms with E-state index in [2.05, 4.69) is 5.32 Å². The number of carboxylic acids is 1. The second-order valence-electron chi connectivity index (χ2n) is 5.05. The van der Waals surface area contributed by atoms with Gasteiger partial charge in [-0.05, 0) is 49.6 Å². The van der Waals surface area contributed by atoms with E-state index in [-0.39, 0.29) is 18.2 Å². The summed E-state index contributed by atoms with van der Waals surface area (Å²) in [6, 6.07) is 1.93. The average Bonchev–Trinajstić information content (AvgIpc) is 2.78. The van der Waals surface area contributed by atoms with Gasteiger partial charge in [0.1, 0.15) is 0 Å². The van der Waals surface area contributed by atoms with Crippen LogP contribution >= 0.6 is 11.3 Å². The molecule has 0 aliphatic carbocycles. The standard InChI is InChI=1S/C13H19NO3S/c1-9(10-5-7-18-8-10)12(17)14-13(2,3)6-4-11(15)16/h5,7-9H,4,6H2,1-3H3,(H,14,17)(H,15,16). The number of rotatable bonds is 6. The molecule has 0 radical (unpaired) electrons. The topological polar surface area (TPSA) is 66.4 Å². The molecule has 0 saturated carbocycles. The van der Waals surface area contributed by atoms with Gasteiger partial charge in [-0.3, -0.25) is 9.59 Å². The van der Waals surface area contributed by atoms with Gasteiger partial charge in [-0.2, -0.15) is 11.3 Å². The van der Waals surface area contributed by atoms with Crippen molar-refractivity contribution in [1.29, 1.82) is 0 Å². The van der Waals surface area contributed by atoms with Gasteiger partial charge in [-0.25, -0.2) is 0 Å². The first-order valence-corrected chi connectivity index (χ1v) is 6.82.